The number of imide groups is 1. The van der Waals surface area contributed by atoms with Crippen LogP contribution in [0, 0.1) is 0 Å². The van der Waals surface area contributed by atoms with Crippen LogP contribution in [-0.4, -0.2) is 36.3 Å². The monoisotopic (exact) mass is 208 g/mol. The Balaban J connectivity index is 2.08. The van der Waals surface area contributed by atoms with Crippen molar-refractivity contribution in [1.82, 2.24) is 10.2 Å². The van der Waals surface area contributed by atoms with Gasteiger partial charge in [0.2, 0.25) is 5.91 Å². The highest BCUT2D eigenvalue weighted by Gasteiger charge is 2.28. The van der Waals surface area contributed by atoms with Crippen molar-refractivity contribution < 1.29 is 9.59 Å². The molecule has 2 saturated heterocycles. The Morgan fingerprint density at radius 2 is 1.93 bits per heavy atom. The Hall–Kier alpha value is -1.16. The van der Waals surface area contributed by atoms with Crippen LogP contribution < -0.4 is 5.32 Å². The molecule has 2 fully saturated rings. The quantitative estimate of drug-likeness (QED) is 0.502. The molecule has 4 heteroatoms. The lowest BCUT2D eigenvalue weighted by Gasteiger charge is -2.27. The Bertz CT molecular complexity index is 323. The third-order valence-corrected chi connectivity index (χ3v) is 3.20. The zero-order valence-electron chi connectivity index (χ0n) is 9.01. The molecule has 1 N–H and O–H groups in total. The largest absolute Gasteiger partial charge is 0.303 e. The highest BCUT2D eigenvalue weighted by atomic mass is 16.2. The number of carbonyl (C=O) groups excluding carboxylic acids is 2. The molecule has 82 valence electrons. The molecule has 4 nitrogen and oxygen atoms in total. The number of rotatable bonds is 1. The topological polar surface area (TPSA) is 49.4 Å². The summed E-state index contributed by atoms with van der Waals surface area (Å²) in [6.07, 6.45) is 2.16. The third kappa shape index (κ3) is 2.09. The van der Waals surface area contributed by atoms with E-state index >= 15 is 0 Å². The second kappa shape index (κ2) is 4.14. The average molecular weight is 208 g/mol. The lowest BCUT2D eigenvalue weighted by atomic mass is 9.97. The van der Waals surface area contributed by atoms with Crippen molar-refractivity contribution in [2.24, 2.45) is 0 Å². The second-order valence-electron chi connectivity index (χ2n) is 4.07. The van der Waals surface area contributed by atoms with Crippen molar-refractivity contribution >= 4 is 11.8 Å². The summed E-state index contributed by atoms with van der Waals surface area (Å²) in [4.78, 5) is 24.8. The fourth-order valence-corrected chi connectivity index (χ4v) is 2.21. The predicted octanol–water partition coefficient (Wildman–Crippen LogP) is 0.445. The number of nitrogens with zero attached hydrogens (tertiary/aromatic N) is 1. The van der Waals surface area contributed by atoms with E-state index in [-0.39, 0.29) is 11.8 Å². The second-order valence-corrected chi connectivity index (χ2v) is 4.07. The van der Waals surface area contributed by atoms with Crippen LogP contribution in [0.4, 0.5) is 0 Å². The van der Waals surface area contributed by atoms with Gasteiger partial charge in [-0.2, -0.15) is 0 Å². The average Bonchev–Trinajstić information content (AvgIpc) is 2.58. The third-order valence-electron chi connectivity index (χ3n) is 3.20. The molecule has 0 bridgehead atoms. The standard InChI is InChI=1S/C11H16N2O2/c1-2-13-5-3-8(4-6-13)9-7-10(14)12-11(9)15/h2-7H2,1H3,(H,12,14,15). The highest BCUT2D eigenvalue weighted by Crippen LogP contribution is 2.24. The maximum atomic E-state index is 11.4. The maximum absolute atomic E-state index is 11.4. The molecule has 0 aliphatic carbocycles. The molecule has 0 aromatic rings. The van der Waals surface area contributed by atoms with Gasteiger partial charge in [-0.3, -0.25) is 14.9 Å². The van der Waals surface area contributed by atoms with Gasteiger partial charge in [-0.15, -0.1) is 0 Å². The van der Waals surface area contributed by atoms with Crippen LogP contribution in [0.3, 0.4) is 0 Å². The molecule has 0 aromatic carbocycles. The minimum Gasteiger partial charge on any atom is -0.303 e. The van der Waals surface area contributed by atoms with Crippen molar-refractivity contribution in [2.45, 2.75) is 26.2 Å². The smallest absolute Gasteiger partial charge is 0.254 e. The van der Waals surface area contributed by atoms with Crippen molar-refractivity contribution in [3.05, 3.63) is 11.1 Å². The van der Waals surface area contributed by atoms with Gasteiger partial charge in [0.15, 0.2) is 0 Å². The van der Waals surface area contributed by atoms with Crippen LogP contribution in [-0.2, 0) is 9.59 Å². The number of carbonyl (C=O) groups is 2. The van der Waals surface area contributed by atoms with Crippen LogP contribution in [0.25, 0.3) is 0 Å². The first kappa shape index (κ1) is 10.4. The molecule has 2 aliphatic rings. The van der Waals surface area contributed by atoms with Crippen molar-refractivity contribution in [1.29, 1.82) is 0 Å². The van der Waals surface area contributed by atoms with Crippen molar-refractivity contribution in [3.63, 3.8) is 0 Å². The molecular formula is C11H16N2O2. The number of amides is 2. The van der Waals surface area contributed by atoms with Gasteiger partial charge in [0.25, 0.3) is 5.91 Å². The van der Waals surface area contributed by atoms with Crippen LogP contribution >= 0.6 is 0 Å². The Kier molecular flexibility index (Phi) is 2.86. The summed E-state index contributed by atoms with van der Waals surface area (Å²) in [5.41, 5.74) is 1.92. The molecule has 2 amide bonds. The lowest BCUT2D eigenvalue weighted by Crippen LogP contribution is -2.31. The normalized spacial score (nSPS) is 23.5. The van der Waals surface area contributed by atoms with Gasteiger partial charge in [-0.25, -0.2) is 0 Å². The molecule has 0 aromatic heterocycles. The Morgan fingerprint density at radius 3 is 2.40 bits per heavy atom. The molecule has 2 rings (SSSR count). The summed E-state index contributed by atoms with van der Waals surface area (Å²) in [7, 11) is 0. The van der Waals surface area contributed by atoms with Crippen LogP contribution in [0.5, 0.6) is 0 Å². The van der Waals surface area contributed by atoms with Gasteiger partial charge in [0.05, 0.1) is 6.42 Å². The fourth-order valence-electron chi connectivity index (χ4n) is 2.21. The fraction of sp³-hybridized carbons (Fsp3) is 0.636. The van der Waals surface area contributed by atoms with Gasteiger partial charge >= 0.3 is 0 Å². The SMILES string of the molecule is CCN1CCC(=C2CC(=O)NC2=O)CC1. The molecule has 0 atom stereocenters. The molecule has 0 radical (unpaired) electrons. The van der Waals surface area contributed by atoms with Gasteiger partial charge in [0, 0.05) is 18.7 Å². The number of piperidine rings is 1. The van der Waals surface area contributed by atoms with E-state index < -0.39 is 0 Å². The molecule has 0 saturated carbocycles. The van der Waals surface area contributed by atoms with E-state index in [1.807, 2.05) is 0 Å². The first-order chi connectivity index (χ1) is 7.20. The van der Waals surface area contributed by atoms with Gasteiger partial charge in [0.1, 0.15) is 0 Å². The van der Waals surface area contributed by atoms with E-state index in [9.17, 15) is 9.59 Å². The van der Waals surface area contributed by atoms with Gasteiger partial charge in [-0.05, 0) is 19.4 Å². The first-order valence-electron chi connectivity index (χ1n) is 5.48. The first-order valence-corrected chi connectivity index (χ1v) is 5.48. The highest BCUT2D eigenvalue weighted by molar-refractivity contribution is 6.13. The molecule has 15 heavy (non-hydrogen) atoms. The number of likely N-dealkylation sites (tertiary alicyclic amines) is 1. The molecular weight excluding hydrogens is 192 g/mol. The summed E-state index contributed by atoms with van der Waals surface area (Å²) in [6.45, 7) is 5.23. The molecule has 2 heterocycles. The van der Waals surface area contributed by atoms with Crippen LogP contribution in [0.15, 0.2) is 11.1 Å². The van der Waals surface area contributed by atoms with Crippen molar-refractivity contribution in [2.75, 3.05) is 19.6 Å². The van der Waals surface area contributed by atoms with E-state index in [4.69, 9.17) is 0 Å². The van der Waals surface area contributed by atoms with E-state index in [0.29, 0.717) is 6.42 Å². The maximum Gasteiger partial charge on any atom is 0.254 e. The van der Waals surface area contributed by atoms with E-state index in [1.165, 1.54) is 5.57 Å². The van der Waals surface area contributed by atoms with Crippen molar-refractivity contribution in [3.8, 4) is 0 Å². The van der Waals surface area contributed by atoms with Crippen LogP contribution in [0.1, 0.15) is 26.2 Å². The summed E-state index contributed by atoms with van der Waals surface area (Å²) in [5, 5.41) is 2.34. The van der Waals surface area contributed by atoms with E-state index in [0.717, 1.165) is 38.0 Å². The van der Waals surface area contributed by atoms with Gasteiger partial charge in [-0.1, -0.05) is 12.5 Å². The Labute approximate surface area is 89.3 Å². The zero-order valence-corrected chi connectivity index (χ0v) is 9.01. The zero-order chi connectivity index (χ0) is 10.8. The van der Waals surface area contributed by atoms with E-state index in [1.54, 1.807) is 0 Å². The number of hydrogen-bond acceptors (Lipinski definition) is 3. The Morgan fingerprint density at radius 1 is 1.27 bits per heavy atom. The number of nitrogens with one attached hydrogen (secondary N) is 1. The lowest BCUT2D eigenvalue weighted by molar-refractivity contribution is -0.124. The predicted molar refractivity (Wildman–Crippen MR) is 56.1 cm³/mol. The molecule has 2 aliphatic heterocycles. The summed E-state index contributed by atoms with van der Waals surface area (Å²) < 4.78 is 0. The van der Waals surface area contributed by atoms with E-state index in [2.05, 4.69) is 17.1 Å². The minimum atomic E-state index is -0.167. The number of hydrogen-bond donors (Lipinski definition) is 1. The van der Waals surface area contributed by atoms with Crippen LogP contribution in [0.2, 0.25) is 0 Å². The summed E-state index contributed by atoms with van der Waals surface area (Å²) >= 11 is 0. The molecule has 0 spiro atoms. The summed E-state index contributed by atoms with van der Waals surface area (Å²) in [5.74, 6) is -0.319. The van der Waals surface area contributed by atoms with Gasteiger partial charge < -0.3 is 4.90 Å². The molecule has 0 unspecified atom stereocenters. The minimum absolute atomic E-state index is 0.152. The summed E-state index contributed by atoms with van der Waals surface area (Å²) in [6, 6.07) is 0.